The van der Waals surface area contributed by atoms with E-state index < -0.39 is 5.97 Å². The van der Waals surface area contributed by atoms with Gasteiger partial charge in [-0.25, -0.2) is 0 Å². The highest BCUT2D eigenvalue weighted by Crippen LogP contribution is 2.19. The summed E-state index contributed by atoms with van der Waals surface area (Å²) >= 11 is 0. The number of nitrogens with one attached hydrogen (secondary N) is 1. The van der Waals surface area contributed by atoms with Crippen LogP contribution in [0.2, 0.25) is 0 Å². The largest absolute Gasteiger partial charge is 0.481 e. The number of hydrogen-bond acceptors (Lipinski definition) is 3. The molecule has 0 aromatic heterocycles. The smallest absolute Gasteiger partial charge is 0.304 e. The summed E-state index contributed by atoms with van der Waals surface area (Å²) in [6.07, 6.45) is 2.12. The van der Waals surface area contributed by atoms with Gasteiger partial charge in [0.1, 0.15) is 0 Å². The summed E-state index contributed by atoms with van der Waals surface area (Å²) in [7, 11) is 0. The van der Waals surface area contributed by atoms with E-state index >= 15 is 0 Å². The van der Waals surface area contributed by atoms with Crippen LogP contribution in [0.25, 0.3) is 0 Å². The maximum Gasteiger partial charge on any atom is 0.304 e. The van der Waals surface area contributed by atoms with Crippen LogP contribution in [0.5, 0.6) is 0 Å². The number of carbonyl (C=O) groups is 1. The second-order valence-corrected chi connectivity index (χ2v) is 3.74. The van der Waals surface area contributed by atoms with Gasteiger partial charge in [0.2, 0.25) is 0 Å². The average molecular weight is 187 g/mol. The Bertz CT molecular complexity index is 176. The van der Waals surface area contributed by atoms with Gasteiger partial charge in [-0.1, -0.05) is 0 Å². The summed E-state index contributed by atoms with van der Waals surface area (Å²) in [6.45, 7) is 4.22. The second-order valence-electron chi connectivity index (χ2n) is 3.74. The van der Waals surface area contributed by atoms with Crippen LogP contribution in [0.3, 0.4) is 0 Å². The molecule has 76 valence electrons. The van der Waals surface area contributed by atoms with Crippen LogP contribution >= 0.6 is 0 Å². The van der Waals surface area contributed by atoms with Crippen molar-refractivity contribution in [3.8, 4) is 0 Å². The quantitative estimate of drug-likeness (QED) is 0.677. The lowest BCUT2D eigenvalue weighted by Crippen LogP contribution is -2.47. The number of hydrogen-bond donors (Lipinski definition) is 2. The van der Waals surface area contributed by atoms with Crippen molar-refractivity contribution in [1.82, 2.24) is 5.32 Å². The molecule has 1 rings (SSSR count). The van der Waals surface area contributed by atoms with Crippen LogP contribution in [0, 0.1) is 0 Å². The van der Waals surface area contributed by atoms with E-state index in [1.165, 1.54) is 0 Å². The average Bonchev–Trinajstić information content (AvgIpc) is 2.04. The maximum absolute atomic E-state index is 10.3. The molecule has 0 bridgehead atoms. The van der Waals surface area contributed by atoms with Crippen LogP contribution < -0.4 is 5.32 Å². The van der Waals surface area contributed by atoms with Crippen LogP contribution in [0.4, 0.5) is 0 Å². The molecule has 4 nitrogen and oxygen atoms in total. The highest BCUT2D eigenvalue weighted by molar-refractivity contribution is 5.66. The summed E-state index contributed by atoms with van der Waals surface area (Å²) < 4.78 is 5.24. The van der Waals surface area contributed by atoms with E-state index in [2.05, 4.69) is 12.2 Å². The Labute approximate surface area is 78.3 Å². The molecule has 13 heavy (non-hydrogen) atoms. The molecule has 0 unspecified atom stereocenters. The summed E-state index contributed by atoms with van der Waals surface area (Å²) in [6, 6.07) is 0. The first-order valence-corrected chi connectivity index (χ1v) is 4.67. The lowest BCUT2D eigenvalue weighted by molar-refractivity contribution is -0.136. The first kappa shape index (κ1) is 10.5. The minimum atomic E-state index is -0.747. The Hall–Kier alpha value is -0.610. The zero-order valence-corrected chi connectivity index (χ0v) is 8.01. The van der Waals surface area contributed by atoms with Gasteiger partial charge in [-0.05, 0) is 19.8 Å². The Morgan fingerprint density at radius 3 is 2.69 bits per heavy atom. The maximum atomic E-state index is 10.3. The van der Waals surface area contributed by atoms with Gasteiger partial charge in [0.05, 0.1) is 6.42 Å². The normalized spacial score (nSPS) is 21.3. The molecule has 0 aromatic carbocycles. The molecule has 0 saturated carbocycles. The first-order chi connectivity index (χ1) is 6.12. The number of carboxylic acid groups (broad SMARTS) is 1. The van der Waals surface area contributed by atoms with E-state index in [9.17, 15) is 4.79 Å². The van der Waals surface area contributed by atoms with Crippen molar-refractivity contribution < 1.29 is 14.6 Å². The van der Waals surface area contributed by atoms with Crippen molar-refractivity contribution in [1.29, 1.82) is 0 Å². The SMILES string of the molecule is CC1(NCCC(=O)O)CCOCC1. The van der Waals surface area contributed by atoms with E-state index in [4.69, 9.17) is 9.84 Å². The van der Waals surface area contributed by atoms with Gasteiger partial charge in [0.25, 0.3) is 0 Å². The molecular weight excluding hydrogens is 170 g/mol. The fourth-order valence-electron chi connectivity index (χ4n) is 1.47. The Kier molecular flexibility index (Phi) is 3.69. The van der Waals surface area contributed by atoms with Gasteiger partial charge in [-0.15, -0.1) is 0 Å². The van der Waals surface area contributed by atoms with E-state index in [-0.39, 0.29) is 12.0 Å². The Morgan fingerprint density at radius 1 is 1.54 bits per heavy atom. The minimum absolute atomic E-state index is 0.0771. The molecule has 1 aliphatic heterocycles. The van der Waals surface area contributed by atoms with Crippen molar-refractivity contribution in [2.45, 2.75) is 31.7 Å². The van der Waals surface area contributed by atoms with E-state index in [1.54, 1.807) is 0 Å². The third-order valence-electron chi connectivity index (χ3n) is 2.49. The van der Waals surface area contributed by atoms with Gasteiger partial charge in [0.15, 0.2) is 0 Å². The highest BCUT2D eigenvalue weighted by atomic mass is 16.5. The van der Waals surface area contributed by atoms with Crippen molar-refractivity contribution in [3.05, 3.63) is 0 Å². The standard InChI is InChI=1S/C9H17NO3/c1-9(3-6-13-7-4-9)10-5-2-8(11)12/h10H,2-7H2,1H3,(H,11,12). The molecule has 0 aliphatic carbocycles. The van der Waals surface area contributed by atoms with Crippen LogP contribution in [-0.2, 0) is 9.53 Å². The van der Waals surface area contributed by atoms with Crippen LogP contribution in [-0.4, -0.2) is 36.4 Å². The lowest BCUT2D eigenvalue weighted by atomic mass is 9.92. The third-order valence-corrected chi connectivity index (χ3v) is 2.49. The zero-order chi connectivity index (χ0) is 9.73. The van der Waals surface area contributed by atoms with Gasteiger partial charge < -0.3 is 15.2 Å². The van der Waals surface area contributed by atoms with Crippen molar-refractivity contribution >= 4 is 5.97 Å². The summed E-state index contributed by atoms with van der Waals surface area (Å²) in [5.74, 6) is -0.747. The fraction of sp³-hybridized carbons (Fsp3) is 0.889. The molecule has 0 spiro atoms. The second kappa shape index (κ2) is 4.58. The first-order valence-electron chi connectivity index (χ1n) is 4.67. The molecule has 1 aliphatic rings. The topological polar surface area (TPSA) is 58.6 Å². The van der Waals surface area contributed by atoms with Crippen molar-refractivity contribution in [2.24, 2.45) is 0 Å². The molecule has 0 amide bonds. The molecule has 0 radical (unpaired) electrons. The van der Waals surface area contributed by atoms with Crippen molar-refractivity contribution in [3.63, 3.8) is 0 Å². The minimum Gasteiger partial charge on any atom is -0.481 e. The predicted octanol–water partition coefficient (Wildman–Crippen LogP) is 0.620. The summed E-state index contributed by atoms with van der Waals surface area (Å²) in [4.78, 5) is 10.3. The fourth-order valence-corrected chi connectivity index (χ4v) is 1.47. The number of rotatable bonds is 4. The monoisotopic (exact) mass is 187 g/mol. The number of carboxylic acids is 1. The van der Waals surface area contributed by atoms with E-state index in [0.717, 1.165) is 26.1 Å². The van der Waals surface area contributed by atoms with Gasteiger partial charge >= 0.3 is 5.97 Å². The van der Waals surface area contributed by atoms with Crippen LogP contribution in [0.1, 0.15) is 26.2 Å². The highest BCUT2D eigenvalue weighted by Gasteiger charge is 2.26. The number of aliphatic carboxylic acids is 1. The van der Waals surface area contributed by atoms with Gasteiger partial charge in [0, 0.05) is 25.3 Å². The molecule has 2 N–H and O–H groups in total. The number of ether oxygens (including phenoxy) is 1. The molecule has 4 heteroatoms. The molecular formula is C9H17NO3. The Morgan fingerprint density at radius 2 is 2.15 bits per heavy atom. The molecule has 1 heterocycles. The third kappa shape index (κ3) is 3.74. The molecule has 0 atom stereocenters. The van der Waals surface area contributed by atoms with Gasteiger partial charge in [-0.3, -0.25) is 4.79 Å². The van der Waals surface area contributed by atoms with E-state index in [1.807, 2.05) is 0 Å². The van der Waals surface area contributed by atoms with Crippen molar-refractivity contribution in [2.75, 3.05) is 19.8 Å². The molecule has 1 saturated heterocycles. The molecule has 0 aromatic rings. The van der Waals surface area contributed by atoms with Gasteiger partial charge in [-0.2, -0.15) is 0 Å². The van der Waals surface area contributed by atoms with Crippen LogP contribution in [0.15, 0.2) is 0 Å². The lowest BCUT2D eigenvalue weighted by Gasteiger charge is -2.34. The zero-order valence-electron chi connectivity index (χ0n) is 8.01. The Balaban J connectivity index is 2.21. The van der Waals surface area contributed by atoms with E-state index in [0.29, 0.717) is 6.54 Å². The molecule has 1 fully saturated rings. The predicted molar refractivity (Wildman–Crippen MR) is 48.7 cm³/mol. The summed E-state index contributed by atoms with van der Waals surface area (Å²) in [5, 5.41) is 11.7. The summed E-state index contributed by atoms with van der Waals surface area (Å²) in [5.41, 5.74) is 0.0771.